The second kappa shape index (κ2) is 6.48. The number of thioether (sulfide) groups is 1. The van der Waals surface area contributed by atoms with Gasteiger partial charge in [-0.15, -0.1) is 11.8 Å². The number of rotatable bonds is 5. The zero-order valence-electron chi connectivity index (χ0n) is 12.3. The molecule has 0 N–H and O–H groups in total. The van der Waals surface area contributed by atoms with Crippen LogP contribution in [0.4, 0.5) is 0 Å². The Morgan fingerprint density at radius 3 is 2.43 bits per heavy atom. The fourth-order valence-electron chi connectivity index (χ4n) is 2.63. The largest absolute Gasteiger partial charge is 0.293 e. The molecule has 0 unspecified atom stereocenters. The van der Waals surface area contributed by atoms with Crippen molar-refractivity contribution in [3.05, 3.63) is 65.2 Å². The van der Waals surface area contributed by atoms with Crippen LogP contribution in [0.5, 0.6) is 0 Å². The summed E-state index contributed by atoms with van der Waals surface area (Å²) in [4.78, 5) is 13.5. The van der Waals surface area contributed by atoms with Crippen molar-refractivity contribution in [3.63, 3.8) is 0 Å². The van der Waals surface area contributed by atoms with Gasteiger partial charge >= 0.3 is 0 Å². The van der Waals surface area contributed by atoms with Crippen LogP contribution >= 0.6 is 11.8 Å². The molecule has 0 aromatic heterocycles. The van der Waals surface area contributed by atoms with Crippen LogP contribution in [0, 0.1) is 6.92 Å². The average molecular weight is 296 g/mol. The number of carbonyl (C=O) groups is 1. The van der Waals surface area contributed by atoms with E-state index < -0.39 is 0 Å². The molecule has 21 heavy (non-hydrogen) atoms. The highest BCUT2D eigenvalue weighted by Gasteiger charge is 2.19. The van der Waals surface area contributed by atoms with Gasteiger partial charge < -0.3 is 0 Å². The molecule has 0 atom stereocenters. The quantitative estimate of drug-likeness (QED) is 0.554. The van der Waals surface area contributed by atoms with Crippen LogP contribution in [0.3, 0.4) is 0 Å². The smallest absolute Gasteiger partial charge is 0.173 e. The minimum atomic E-state index is 0.211. The van der Waals surface area contributed by atoms with Crippen molar-refractivity contribution in [3.8, 4) is 0 Å². The van der Waals surface area contributed by atoms with E-state index in [2.05, 4.69) is 31.2 Å². The second-order valence-corrected chi connectivity index (χ2v) is 6.74. The van der Waals surface area contributed by atoms with E-state index in [-0.39, 0.29) is 5.78 Å². The van der Waals surface area contributed by atoms with Crippen molar-refractivity contribution in [1.29, 1.82) is 0 Å². The van der Waals surface area contributed by atoms with Crippen molar-refractivity contribution in [1.82, 2.24) is 0 Å². The first kappa shape index (κ1) is 14.4. The lowest BCUT2D eigenvalue weighted by Crippen LogP contribution is -2.09. The van der Waals surface area contributed by atoms with E-state index in [0.717, 1.165) is 11.5 Å². The molecule has 3 rings (SSSR count). The lowest BCUT2D eigenvalue weighted by molar-refractivity contribution is 0.102. The molecule has 1 aliphatic carbocycles. The summed E-state index contributed by atoms with van der Waals surface area (Å²) >= 11 is 1.63. The Morgan fingerprint density at radius 1 is 1.10 bits per heavy atom. The lowest BCUT2D eigenvalue weighted by atomic mass is 9.80. The maximum Gasteiger partial charge on any atom is 0.173 e. The van der Waals surface area contributed by atoms with Gasteiger partial charge in [0.05, 0.1) is 5.75 Å². The van der Waals surface area contributed by atoms with Crippen molar-refractivity contribution in [2.45, 2.75) is 37.0 Å². The lowest BCUT2D eigenvalue weighted by Gasteiger charge is -2.25. The monoisotopic (exact) mass is 296 g/mol. The number of benzene rings is 2. The maximum absolute atomic E-state index is 12.3. The first-order valence-corrected chi connectivity index (χ1v) is 8.54. The molecule has 1 nitrogen and oxygen atoms in total. The highest BCUT2D eigenvalue weighted by Crippen LogP contribution is 2.36. The molecule has 0 spiro atoms. The van der Waals surface area contributed by atoms with Gasteiger partial charge in [-0.2, -0.15) is 0 Å². The predicted molar refractivity (Wildman–Crippen MR) is 89.3 cm³/mol. The molecule has 1 saturated carbocycles. The molecule has 0 amide bonds. The Balaban J connectivity index is 1.61. The van der Waals surface area contributed by atoms with Gasteiger partial charge in [-0.1, -0.05) is 48.9 Å². The highest BCUT2D eigenvalue weighted by atomic mass is 32.2. The predicted octanol–water partition coefficient (Wildman–Crippen LogP) is 5.24. The van der Waals surface area contributed by atoms with Gasteiger partial charge in [-0.05, 0) is 42.9 Å². The van der Waals surface area contributed by atoms with Gasteiger partial charge in [-0.3, -0.25) is 4.79 Å². The minimum absolute atomic E-state index is 0.211. The van der Waals surface area contributed by atoms with E-state index in [9.17, 15) is 4.79 Å². The van der Waals surface area contributed by atoms with Gasteiger partial charge in [-0.25, -0.2) is 0 Å². The van der Waals surface area contributed by atoms with Crippen LogP contribution in [0.25, 0.3) is 0 Å². The molecule has 1 aliphatic rings. The SMILES string of the molecule is Cc1ccccc1SCC(=O)c1ccc(C2CCC2)cc1. The third kappa shape index (κ3) is 3.38. The second-order valence-electron chi connectivity index (χ2n) is 5.73. The first-order chi connectivity index (χ1) is 10.2. The third-order valence-electron chi connectivity index (χ3n) is 4.26. The molecule has 0 aliphatic heterocycles. The molecule has 1 fully saturated rings. The van der Waals surface area contributed by atoms with E-state index >= 15 is 0 Å². The van der Waals surface area contributed by atoms with Crippen LogP contribution in [0.15, 0.2) is 53.4 Å². The van der Waals surface area contributed by atoms with Gasteiger partial charge in [0.25, 0.3) is 0 Å². The van der Waals surface area contributed by atoms with E-state index in [4.69, 9.17) is 0 Å². The topological polar surface area (TPSA) is 17.1 Å². The molecular formula is C19H20OS. The molecule has 108 valence electrons. The van der Waals surface area contributed by atoms with Gasteiger partial charge in [0.2, 0.25) is 0 Å². The van der Waals surface area contributed by atoms with E-state index in [1.807, 2.05) is 24.3 Å². The van der Waals surface area contributed by atoms with Crippen molar-refractivity contribution >= 4 is 17.5 Å². The fraction of sp³-hybridized carbons (Fsp3) is 0.316. The Kier molecular flexibility index (Phi) is 4.45. The summed E-state index contributed by atoms with van der Waals surface area (Å²) in [5.74, 6) is 1.45. The molecule has 0 saturated heterocycles. The standard InChI is InChI=1S/C19H20OS/c1-14-5-2-3-8-19(14)21-13-18(20)17-11-9-16(10-12-17)15-6-4-7-15/h2-3,5,8-12,15H,4,6-7,13H2,1H3. The van der Waals surface area contributed by atoms with Gasteiger partial charge in [0, 0.05) is 10.5 Å². The van der Waals surface area contributed by atoms with Crippen LogP contribution < -0.4 is 0 Å². The summed E-state index contributed by atoms with van der Waals surface area (Å²) in [6, 6.07) is 16.5. The normalized spacial score (nSPS) is 14.7. The fourth-order valence-corrected chi connectivity index (χ4v) is 3.55. The molecule has 0 radical (unpaired) electrons. The summed E-state index contributed by atoms with van der Waals surface area (Å²) < 4.78 is 0. The number of aryl methyl sites for hydroxylation is 1. The molecule has 2 aromatic rings. The zero-order valence-corrected chi connectivity index (χ0v) is 13.2. The average Bonchev–Trinajstić information content (AvgIpc) is 2.45. The molecule has 0 heterocycles. The van der Waals surface area contributed by atoms with Crippen molar-refractivity contribution in [2.24, 2.45) is 0 Å². The Labute approximate surface area is 130 Å². The number of carbonyl (C=O) groups excluding carboxylic acids is 1. The number of hydrogen-bond acceptors (Lipinski definition) is 2. The molecule has 0 bridgehead atoms. The Morgan fingerprint density at radius 2 is 1.81 bits per heavy atom. The molecule has 2 aromatic carbocycles. The zero-order chi connectivity index (χ0) is 14.7. The van der Waals surface area contributed by atoms with Gasteiger partial charge in [0.15, 0.2) is 5.78 Å². The summed E-state index contributed by atoms with van der Waals surface area (Å²) in [7, 11) is 0. The Bertz CT molecular complexity index is 626. The molecular weight excluding hydrogens is 276 g/mol. The summed E-state index contributed by atoms with van der Waals surface area (Å²) in [6.45, 7) is 2.08. The van der Waals surface area contributed by atoms with E-state index in [1.165, 1.54) is 35.3 Å². The van der Waals surface area contributed by atoms with Crippen LogP contribution in [-0.2, 0) is 0 Å². The number of Topliss-reactive ketones (excluding diaryl/α,β-unsaturated/α-hetero) is 1. The van der Waals surface area contributed by atoms with Crippen LogP contribution in [-0.4, -0.2) is 11.5 Å². The van der Waals surface area contributed by atoms with Crippen molar-refractivity contribution in [2.75, 3.05) is 5.75 Å². The van der Waals surface area contributed by atoms with Gasteiger partial charge in [0.1, 0.15) is 0 Å². The number of hydrogen-bond donors (Lipinski definition) is 0. The third-order valence-corrected chi connectivity index (χ3v) is 5.44. The molecule has 2 heteroatoms. The summed E-state index contributed by atoms with van der Waals surface area (Å²) in [5, 5.41) is 0. The van der Waals surface area contributed by atoms with Crippen molar-refractivity contribution < 1.29 is 4.79 Å². The maximum atomic E-state index is 12.3. The number of ketones is 1. The summed E-state index contributed by atoms with van der Waals surface area (Å²) in [6.07, 6.45) is 3.95. The van der Waals surface area contributed by atoms with Crippen LogP contribution in [0.1, 0.15) is 46.7 Å². The first-order valence-electron chi connectivity index (χ1n) is 7.55. The Hall–Kier alpha value is -1.54. The van der Waals surface area contributed by atoms with Crippen LogP contribution in [0.2, 0.25) is 0 Å². The van der Waals surface area contributed by atoms with E-state index in [0.29, 0.717) is 5.75 Å². The van der Waals surface area contributed by atoms with E-state index in [1.54, 1.807) is 11.8 Å². The summed E-state index contributed by atoms with van der Waals surface area (Å²) in [5.41, 5.74) is 3.46. The minimum Gasteiger partial charge on any atom is -0.293 e. The highest BCUT2D eigenvalue weighted by molar-refractivity contribution is 8.00.